The van der Waals surface area contributed by atoms with Crippen LogP contribution in [0.4, 0.5) is 4.39 Å². The molecule has 6 nitrogen and oxygen atoms in total. The highest BCUT2D eigenvalue weighted by atomic mass is 32.2. The van der Waals surface area contributed by atoms with Crippen molar-refractivity contribution in [3.05, 3.63) is 30.9 Å². The predicted octanol–water partition coefficient (Wildman–Crippen LogP) is 1.43. The molecule has 3 aromatic rings. The quantitative estimate of drug-likeness (QED) is 0.546. The minimum atomic E-state index is -0.563. The number of hydrogen-bond acceptors (Lipinski definition) is 6. The Morgan fingerprint density at radius 1 is 1.24 bits per heavy atom. The van der Waals surface area contributed by atoms with Crippen molar-refractivity contribution in [1.82, 2.24) is 30.1 Å². The third-order valence-electron chi connectivity index (χ3n) is 2.04. The third-order valence-corrected chi connectivity index (χ3v) is 2.95. The number of fused-ring (bicyclic) bond motifs is 1. The molecule has 0 saturated heterocycles. The highest BCUT2D eigenvalue weighted by Gasteiger charge is 2.08. The van der Waals surface area contributed by atoms with Crippen molar-refractivity contribution in [2.45, 2.75) is 10.2 Å². The van der Waals surface area contributed by atoms with Crippen LogP contribution in [0.25, 0.3) is 10.9 Å². The van der Waals surface area contributed by atoms with Gasteiger partial charge in [0.15, 0.2) is 5.16 Å². The Morgan fingerprint density at radius 3 is 3.00 bits per heavy atom. The molecule has 3 aromatic heterocycles. The van der Waals surface area contributed by atoms with Gasteiger partial charge in [0, 0.05) is 11.5 Å². The molecule has 0 spiro atoms. The lowest BCUT2D eigenvalue weighted by Crippen LogP contribution is -1.90. The van der Waals surface area contributed by atoms with Crippen molar-refractivity contribution in [3.8, 4) is 0 Å². The van der Waals surface area contributed by atoms with Crippen LogP contribution < -0.4 is 0 Å². The first-order valence-corrected chi connectivity index (χ1v) is 5.45. The average molecular weight is 248 g/mol. The van der Waals surface area contributed by atoms with Gasteiger partial charge in [0.1, 0.15) is 17.7 Å². The van der Waals surface area contributed by atoms with Gasteiger partial charge in [-0.05, 0) is 11.8 Å². The number of hydrogen-bond donors (Lipinski definition) is 1. The summed E-state index contributed by atoms with van der Waals surface area (Å²) in [5.74, 6) is -0.563. The molecule has 3 heterocycles. The second kappa shape index (κ2) is 4.06. The number of aromatic nitrogens is 6. The number of nitrogens with zero attached hydrogens (tertiary/aromatic N) is 5. The standard InChI is InChI=1S/C9H5FN6S/c10-7-1-5-6(2-11-7)12-3-13-8(5)17-9-14-4-15-16-9/h1-4H,(H,14,15,16). The SMILES string of the molecule is Fc1cc2c(Sc3nnc[nH]3)ncnc2cn1. The van der Waals surface area contributed by atoms with Gasteiger partial charge in [0.05, 0.1) is 11.7 Å². The lowest BCUT2D eigenvalue weighted by Gasteiger charge is -2.01. The van der Waals surface area contributed by atoms with Gasteiger partial charge in [-0.1, -0.05) is 0 Å². The summed E-state index contributed by atoms with van der Waals surface area (Å²) in [6.07, 6.45) is 4.24. The van der Waals surface area contributed by atoms with Crippen LogP contribution in [0.3, 0.4) is 0 Å². The van der Waals surface area contributed by atoms with E-state index in [-0.39, 0.29) is 0 Å². The number of H-pyrrole nitrogens is 1. The second-order valence-electron chi connectivity index (χ2n) is 3.10. The Morgan fingerprint density at radius 2 is 2.18 bits per heavy atom. The summed E-state index contributed by atoms with van der Waals surface area (Å²) in [5.41, 5.74) is 0.586. The van der Waals surface area contributed by atoms with Crippen molar-refractivity contribution < 1.29 is 4.39 Å². The highest BCUT2D eigenvalue weighted by molar-refractivity contribution is 7.99. The largest absolute Gasteiger partial charge is 0.322 e. The van der Waals surface area contributed by atoms with Crippen molar-refractivity contribution in [2.24, 2.45) is 0 Å². The zero-order chi connectivity index (χ0) is 11.7. The molecule has 0 aliphatic rings. The van der Waals surface area contributed by atoms with Crippen LogP contribution >= 0.6 is 11.8 Å². The molecule has 0 radical (unpaired) electrons. The van der Waals surface area contributed by atoms with Gasteiger partial charge in [0.25, 0.3) is 0 Å². The van der Waals surface area contributed by atoms with Crippen molar-refractivity contribution in [1.29, 1.82) is 0 Å². The van der Waals surface area contributed by atoms with Crippen LogP contribution in [-0.2, 0) is 0 Å². The van der Waals surface area contributed by atoms with Gasteiger partial charge < -0.3 is 4.98 Å². The normalized spacial score (nSPS) is 10.9. The van der Waals surface area contributed by atoms with Crippen LogP contribution in [0.1, 0.15) is 0 Å². The number of rotatable bonds is 2. The van der Waals surface area contributed by atoms with E-state index < -0.39 is 5.95 Å². The summed E-state index contributed by atoms with van der Waals surface area (Å²) < 4.78 is 13.1. The highest BCUT2D eigenvalue weighted by Crippen LogP contribution is 2.27. The number of halogens is 1. The molecular formula is C9H5FN6S. The van der Waals surface area contributed by atoms with Gasteiger partial charge >= 0.3 is 0 Å². The minimum absolute atomic E-state index is 0.563. The molecule has 0 aliphatic carbocycles. The zero-order valence-corrected chi connectivity index (χ0v) is 9.15. The van der Waals surface area contributed by atoms with Crippen LogP contribution in [0, 0.1) is 5.95 Å². The van der Waals surface area contributed by atoms with Gasteiger partial charge in [-0.3, -0.25) is 0 Å². The third kappa shape index (κ3) is 1.94. The van der Waals surface area contributed by atoms with Gasteiger partial charge in [-0.25, -0.2) is 15.0 Å². The first-order chi connectivity index (χ1) is 8.33. The molecule has 0 atom stereocenters. The maximum Gasteiger partial charge on any atom is 0.213 e. The topological polar surface area (TPSA) is 80.2 Å². The maximum absolute atomic E-state index is 13.1. The molecule has 3 rings (SSSR count). The molecule has 8 heteroatoms. The van der Waals surface area contributed by atoms with Crippen molar-refractivity contribution in [3.63, 3.8) is 0 Å². The summed E-state index contributed by atoms with van der Waals surface area (Å²) in [6, 6.07) is 1.30. The summed E-state index contributed by atoms with van der Waals surface area (Å²) >= 11 is 1.26. The molecule has 0 fully saturated rings. The summed E-state index contributed by atoms with van der Waals surface area (Å²) in [4.78, 5) is 14.5. The van der Waals surface area contributed by atoms with Crippen LogP contribution in [0.2, 0.25) is 0 Å². The van der Waals surface area contributed by atoms with Crippen LogP contribution in [0.15, 0.2) is 35.1 Å². The summed E-state index contributed by atoms with van der Waals surface area (Å²) in [7, 11) is 0. The molecule has 0 aliphatic heterocycles. The molecule has 0 aromatic carbocycles. The number of aromatic amines is 1. The van der Waals surface area contributed by atoms with E-state index in [1.54, 1.807) is 0 Å². The second-order valence-corrected chi connectivity index (χ2v) is 4.08. The van der Waals surface area contributed by atoms with E-state index in [0.29, 0.717) is 21.1 Å². The summed E-state index contributed by atoms with van der Waals surface area (Å²) in [5, 5.41) is 9.28. The Bertz CT molecular complexity index is 656. The first-order valence-electron chi connectivity index (χ1n) is 4.63. The molecule has 0 bridgehead atoms. The first kappa shape index (κ1) is 10.1. The van der Waals surface area contributed by atoms with E-state index in [1.165, 1.54) is 36.7 Å². The van der Waals surface area contributed by atoms with E-state index in [1.807, 2.05) is 0 Å². The predicted molar refractivity (Wildman–Crippen MR) is 57.8 cm³/mol. The van der Waals surface area contributed by atoms with E-state index in [2.05, 4.69) is 30.1 Å². The fourth-order valence-electron chi connectivity index (χ4n) is 1.33. The lowest BCUT2D eigenvalue weighted by atomic mass is 10.3. The Kier molecular flexibility index (Phi) is 2.41. The Balaban J connectivity index is 2.12. The van der Waals surface area contributed by atoms with E-state index >= 15 is 0 Å². The molecule has 0 unspecified atom stereocenters. The van der Waals surface area contributed by atoms with Gasteiger partial charge in [0.2, 0.25) is 5.95 Å². The lowest BCUT2D eigenvalue weighted by molar-refractivity contribution is 0.585. The van der Waals surface area contributed by atoms with Crippen LogP contribution in [-0.4, -0.2) is 30.1 Å². The van der Waals surface area contributed by atoms with E-state index in [4.69, 9.17) is 0 Å². The minimum Gasteiger partial charge on any atom is -0.322 e. The van der Waals surface area contributed by atoms with E-state index in [9.17, 15) is 4.39 Å². The molecule has 17 heavy (non-hydrogen) atoms. The van der Waals surface area contributed by atoms with Crippen LogP contribution in [0.5, 0.6) is 0 Å². The molecular weight excluding hydrogens is 243 g/mol. The molecule has 0 amide bonds. The fourth-order valence-corrected chi connectivity index (χ4v) is 2.08. The maximum atomic E-state index is 13.1. The number of pyridine rings is 1. The van der Waals surface area contributed by atoms with E-state index in [0.717, 1.165) is 0 Å². The molecule has 0 saturated carbocycles. The average Bonchev–Trinajstić information content (AvgIpc) is 2.83. The Hall–Kier alpha value is -2.09. The summed E-state index contributed by atoms with van der Waals surface area (Å²) in [6.45, 7) is 0. The Labute approximate surface area is 98.7 Å². The van der Waals surface area contributed by atoms with Gasteiger partial charge in [-0.15, -0.1) is 10.2 Å². The monoisotopic (exact) mass is 248 g/mol. The number of nitrogens with one attached hydrogen (secondary N) is 1. The van der Waals surface area contributed by atoms with Crippen molar-refractivity contribution in [2.75, 3.05) is 0 Å². The smallest absolute Gasteiger partial charge is 0.213 e. The zero-order valence-electron chi connectivity index (χ0n) is 8.33. The molecule has 84 valence electrons. The van der Waals surface area contributed by atoms with Gasteiger partial charge in [-0.2, -0.15) is 4.39 Å². The molecule has 1 N–H and O–H groups in total. The fraction of sp³-hybridized carbons (Fsp3) is 0. The van der Waals surface area contributed by atoms with Crippen molar-refractivity contribution >= 4 is 22.7 Å².